The average molecular weight is 396 g/mol. The maximum atomic E-state index is 10.4. The molecule has 0 aliphatic carbocycles. The van der Waals surface area contributed by atoms with Gasteiger partial charge in [-0.05, 0) is 12.0 Å². The molecule has 148 valence electrons. The van der Waals surface area contributed by atoms with E-state index in [0.29, 0.717) is 12.0 Å². The molecule has 6 nitrogen and oxygen atoms in total. The lowest BCUT2D eigenvalue weighted by atomic mass is 9.52. The van der Waals surface area contributed by atoms with Gasteiger partial charge in [0.2, 0.25) is 11.7 Å². The van der Waals surface area contributed by atoms with Crippen molar-refractivity contribution in [1.29, 1.82) is 21.2 Å². The average Bonchev–Trinajstić information content (AvgIpc) is 3.00. The molecule has 2 bridgehead atoms. The zero-order chi connectivity index (χ0) is 21.4. The second kappa shape index (κ2) is 6.99. The van der Waals surface area contributed by atoms with Gasteiger partial charge in [-0.3, -0.25) is 5.41 Å². The number of rotatable bonds is 4. The van der Waals surface area contributed by atoms with Crippen molar-refractivity contribution in [2.75, 3.05) is 0 Å². The zero-order valence-corrected chi connectivity index (χ0v) is 16.5. The van der Waals surface area contributed by atoms with E-state index in [1.807, 2.05) is 67.6 Å². The van der Waals surface area contributed by atoms with E-state index in [9.17, 15) is 15.8 Å². The van der Waals surface area contributed by atoms with Crippen LogP contribution < -0.4 is 0 Å². The molecule has 0 saturated carbocycles. The minimum atomic E-state index is -1.88. The van der Waals surface area contributed by atoms with Gasteiger partial charge in [0.1, 0.15) is 6.10 Å². The maximum Gasteiger partial charge on any atom is 0.244 e. The fraction of sp³-hybridized carbons (Fsp3) is 0.333. The van der Waals surface area contributed by atoms with Crippen molar-refractivity contribution in [1.82, 2.24) is 0 Å². The highest BCUT2D eigenvalue weighted by molar-refractivity contribution is 5.89. The summed E-state index contributed by atoms with van der Waals surface area (Å²) in [6, 6.07) is 24.9. The first-order valence-electron chi connectivity index (χ1n) is 9.83. The van der Waals surface area contributed by atoms with Gasteiger partial charge in [0.15, 0.2) is 10.8 Å². The molecule has 1 N–H and O–H groups in total. The quantitative estimate of drug-likeness (QED) is 0.837. The third kappa shape index (κ3) is 2.28. The first kappa shape index (κ1) is 19.6. The summed E-state index contributed by atoms with van der Waals surface area (Å²) in [7, 11) is 0. The van der Waals surface area contributed by atoms with Gasteiger partial charge in [-0.1, -0.05) is 67.6 Å². The van der Waals surface area contributed by atoms with Crippen LogP contribution in [0.25, 0.3) is 0 Å². The number of nitrogens with one attached hydrogen (secondary N) is 1. The number of nitrogens with zero attached hydrogens (tertiary/aromatic N) is 3. The molecular formula is C24H20N4O2. The van der Waals surface area contributed by atoms with Crippen LogP contribution in [0.4, 0.5) is 0 Å². The third-order valence-electron chi connectivity index (χ3n) is 6.39. The monoisotopic (exact) mass is 396 g/mol. The molecule has 0 radical (unpaired) electrons. The Morgan fingerprint density at radius 3 is 2.07 bits per heavy atom. The molecular weight excluding hydrogens is 376 g/mol. The molecule has 0 amide bonds. The van der Waals surface area contributed by atoms with Crippen molar-refractivity contribution < 1.29 is 9.47 Å². The number of hydrogen-bond acceptors (Lipinski definition) is 6. The number of benzene rings is 2. The molecule has 2 aromatic carbocycles. The Hall–Kier alpha value is -3.66. The lowest BCUT2D eigenvalue weighted by molar-refractivity contribution is -0.289. The van der Waals surface area contributed by atoms with E-state index in [1.165, 1.54) is 0 Å². The molecule has 0 aromatic heterocycles. The maximum absolute atomic E-state index is 10.4. The molecule has 4 atom stereocenters. The lowest BCUT2D eigenvalue weighted by Gasteiger charge is -2.49. The fourth-order valence-corrected chi connectivity index (χ4v) is 5.02. The zero-order valence-electron chi connectivity index (χ0n) is 16.5. The Kier molecular flexibility index (Phi) is 4.58. The summed E-state index contributed by atoms with van der Waals surface area (Å²) in [4.78, 5) is 0. The van der Waals surface area contributed by atoms with Crippen molar-refractivity contribution >= 4 is 5.90 Å². The van der Waals surface area contributed by atoms with Gasteiger partial charge < -0.3 is 9.47 Å². The molecule has 2 aromatic rings. The number of fused-ring (bicyclic) bond motifs is 2. The number of hydrogen-bond donors (Lipinski definition) is 1. The minimum absolute atomic E-state index is 0.243. The highest BCUT2D eigenvalue weighted by Gasteiger charge is 2.80. The van der Waals surface area contributed by atoms with Gasteiger partial charge >= 0.3 is 0 Å². The molecule has 2 aliphatic rings. The van der Waals surface area contributed by atoms with E-state index >= 15 is 0 Å². The second-order valence-corrected chi connectivity index (χ2v) is 7.67. The largest absolute Gasteiger partial charge is 0.443 e. The normalized spacial score (nSPS) is 31.1. The standard InChI is InChI=1S/C24H20N4O2/c1-2-19-23(16-27)21(28)30-24(19,18-11-7-4-8-12-18)29-20(22(23,14-25)15-26)13-17-9-5-3-6-10-17/h3-12,19-20,28H,2,13H2,1H3. The van der Waals surface area contributed by atoms with Crippen LogP contribution in [-0.2, 0) is 21.7 Å². The van der Waals surface area contributed by atoms with Crippen LogP contribution in [0, 0.1) is 56.2 Å². The van der Waals surface area contributed by atoms with E-state index in [2.05, 4.69) is 18.2 Å². The van der Waals surface area contributed by atoms with Crippen LogP contribution >= 0.6 is 0 Å². The van der Waals surface area contributed by atoms with Crippen molar-refractivity contribution in [3.05, 3.63) is 71.8 Å². The van der Waals surface area contributed by atoms with Crippen LogP contribution in [0.3, 0.4) is 0 Å². The van der Waals surface area contributed by atoms with Crippen molar-refractivity contribution in [3.8, 4) is 18.2 Å². The SMILES string of the molecule is CCC1C2(c3ccccc3)OC(=N)C1(C#N)C(C#N)(C#N)C(Cc1ccccc1)O2. The molecule has 2 saturated heterocycles. The Morgan fingerprint density at radius 2 is 1.53 bits per heavy atom. The van der Waals surface area contributed by atoms with Crippen LogP contribution in [0.1, 0.15) is 24.5 Å². The Morgan fingerprint density at radius 1 is 0.933 bits per heavy atom. The summed E-state index contributed by atoms with van der Waals surface area (Å²) < 4.78 is 12.5. The first-order chi connectivity index (χ1) is 14.5. The van der Waals surface area contributed by atoms with Gasteiger partial charge in [-0.2, -0.15) is 15.8 Å². The van der Waals surface area contributed by atoms with Crippen LogP contribution in [0.5, 0.6) is 0 Å². The van der Waals surface area contributed by atoms with E-state index < -0.39 is 28.6 Å². The van der Waals surface area contributed by atoms with Gasteiger partial charge in [-0.25, -0.2) is 0 Å². The highest BCUT2D eigenvalue weighted by atomic mass is 16.7. The van der Waals surface area contributed by atoms with E-state index in [4.69, 9.17) is 14.9 Å². The summed E-state index contributed by atoms with van der Waals surface area (Å²) in [6.07, 6.45) is -0.318. The molecule has 4 rings (SSSR count). The van der Waals surface area contributed by atoms with Crippen LogP contribution in [0.15, 0.2) is 60.7 Å². The topological polar surface area (TPSA) is 114 Å². The molecule has 2 aliphatic heterocycles. The third-order valence-corrected chi connectivity index (χ3v) is 6.39. The predicted octanol–water partition coefficient (Wildman–Crippen LogP) is 4.06. The lowest BCUT2D eigenvalue weighted by Crippen LogP contribution is -2.62. The fourth-order valence-electron chi connectivity index (χ4n) is 5.02. The van der Waals surface area contributed by atoms with E-state index in [-0.39, 0.29) is 12.3 Å². The molecule has 6 heteroatoms. The summed E-state index contributed by atoms with van der Waals surface area (Å²) in [6.45, 7) is 1.86. The van der Waals surface area contributed by atoms with Crippen LogP contribution in [-0.4, -0.2) is 12.0 Å². The first-order valence-corrected chi connectivity index (χ1v) is 9.83. The second-order valence-electron chi connectivity index (χ2n) is 7.67. The Labute approximate surface area is 175 Å². The molecule has 2 heterocycles. The van der Waals surface area contributed by atoms with Gasteiger partial charge in [0.25, 0.3) is 0 Å². The molecule has 30 heavy (non-hydrogen) atoms. The van der Waals surface area contributed by atoms with Gasteiger partial charge in [-0.15, -0.1) is 0 Å². The van der Waals surface area contributed by atoms with E-state index in [1.54, 1.807) is 0 Å². The van der Waals surface area contributed by atoms with Crippen LogP contribution in [0.2, 0.25) is 0 Å². The van der Waals surface area contributed by atoms with Crippen molar-refractivity contribution in [2.45, 2.75) is 31.7 Å². The minimum Gasteiger partial charge on any atom is -0.443 e. The highest BCUT2D eigenvalue weighted by Crippen LogP contribution is 2.66. The number of ether oxygens (including phenoxy) is 2. The van der Waals surface area contributed by atoms with E-state index in [0.717, 1.165) is 5.56 Å². The summed E-state index contributed by atoms with van der Waals surface area (Å²) in [5.74, 6) is -2.46. The number of nitriles is 3. The molecule has 4 unspecified atom stereocenters. The van der Waals surface area contributed by atoms with Crippen molar-refractivity contribution in [3.63, 3.8) is 0 Å². The molecule has 0 spiro atoms. The van der Waals surface area contributed by atoms with Gasteiger partial charge in [0.05, 0.1) is 24.1 Å². The predicted molar refractivity (Wildman–Crippen MR) is 107 cm³/mol. The summed E-state index contributed by atoms with van der Waals surface area (Å²) >= 11 is 0. The summed E-state index contributed by atoms with van der Waals surface area (Å²) in [5, 5.41) is 39.5. The van der Waals surface area contributed by atoms with Gasteiger partial charge in [0, 0.05) is 12.0 Å². The van der Waals surface area contributed by atoms with Crippen molar-refractivity contribution in [2.24, 2.45) is 16.7 Å². The Balaban J connectivity index is 1.98. The molecule has 2 fully saturated rings. The smallest absolute Gasteiger partial charge is 0.244 e. The Bertz CT molecular complexity index is 1080. The summed E-state index contributed by atoms with van der Waals surface area (Å²) in [5.41, 5.74) is -2.08.